The van der Waals surface area contributed by atoms with E-state index in [1.54, 1.807) is 0 Å². The number of aliphatic hydroxyl groups is 1. The molecule has 4 heteroatoms. The molecule has 1 heterocycles. The number of carbonyl (C=O) groups is 1. The average Bonchev–Trinajstić information content (AvgIpc) is 2.89. The molecule has 0 saturated heterocycles. The van der Waals surface area contributed by atoms with Crippen LogP contribution in [0.2, 0.25) is 0 Å². The van der Waals surface area contributed by atoms with Crippen LogP contribution in [0.25, 0.3) is 22.0 Å². The third-order valence-corrected chi connectivity index (χ3v) is 9.00. The van der Waals surface area contributed by atoms with E-state index in [2.05, 4.69) is 124 Å². The predicted octanol–water partition coefficient (Wildman–Crippen LogP) is 12.3. The van der Waals surface area contributed by atoms with Gasteiger partial charge in [0.15, 0.2) is 5.78 Å². The van der Waals surface area contributed by atoms with Gasteiger partial charge in [-0.05, 0) is 70.0 Å². The van der Waals surface area contributed by atoms with Crippen molar-refractivity contribution in [1.82, 2.24) is 4.98 Å². The van der Waals surface area contributed by atoms with E-state index >= 15 is 0 Å². The van der Waals surface area contributed by atoms with E-state index in [4.69, 9.17) is 0 Å². The summed E-state index contributed by atoms with van der Waals surface area (Å²) >= 11 is 0. The maximum Gasteiger partial charge on any atom is 0.164 e. The van der Waals surface area contributed by atoms with Gasteiger partial charge in [0.2, 0.25) is 0 Å². The van der Waals surface area contributed by atoms with Crippen LogP contribution in [0.4, 0.5) is 0 Å². The van der Waals surface area contributed by atoms with Crippen molar-refractivity contribution < 1.29 is 30.0 Å². The average molecular weight is 805 g/mol. The first kappa shape index (κ1) is 41.7. The normalized spacial score (nSPS) is 13.2. The number of aromatic nitrogens is 1. The molecule has 1 radical (unpaired) electrons. The number of ketones is 1. The van der Waals surface area contributed by atoms with Crippen LogP contribution >= 0.6 is 0 Å². The molecule has 0 atom stereocenters. The Morgan fingerprint density at radius 3 is 1.85 bits per heavy atom. The van der Waals surface area contributed by atoms with Crippen LogP contribution in [0, 0.1) is 41.6 Å². The summed E-state index contributed by atoms with van der Waals surface area (Å²) < 4.78 is 0. The van der Waals surface area contributed by atoms with Crippen molar-refractivity contribution >= 4 is 16.6 Å². The van der Waals surface area contributed by atoms with E-state index in [1.807, 2.05) is 33.9 Å². The molecule has 0 aliphatic rings. The Morgan fingerprint density at radius 1 is 0.804 bits per heavy atom. The quantitative estimate of drug-likeness (QED) is 0.133. The molecule has 0 bridgehead atoms. The summed E-state index contributed by atoms with van der Waals surface area (Å²) in [5.74, 6) is 0.210. The zero-order valence-electron chi connectivity index (χ0n) is 31.6. The Kier molecular flexibility index (Phi) is 14.3. The smallest absolute Gasteiger partial charge is 0.164 e. The molecule has 3 aromatic rings. The van der Waals surface area contributed by atoms with Gasteiger partial charge in [-0.2, -0.15) is 0 Å². The van der Waals surface area contributed by atoms with Crippen LogP contribution in [0.5, 0.6) is 0 Å². The molecule has 257 valence electrons. The first-order valence-corrected chi connectivity index (χ1v) is 16.8. The minimum atomic E-state index is -0.454. The molecule has 0 amide bonds. The number of rotatable bonds is 9. The van der Waals surface area contributed by atoms with Gasteiger partial charge in [-0.15, -0.1) is 34.9 Å². The van der Waals surface area contributed by atoms with Crippen LogP contribution in [0.15, 0.2) is 54.4 Å². The van der Waals surface area contributed by atoms with Crippen LogP contribution in [-0.2, 0) is 30.3 Å². The number of pyridine rings is 1. The van der Waals surface area contributed by atoms with E-state index in [-0.39, 0.29) is 53.3 Å². The predicted molar refractivity (Wildman–Crippen MR) is 195 cm³/mol. The number of fused-ring (bicyclic) bond motifs is 1. The summed E-state index contributed by atoms with van der Waals surface area (Å²) in [7, 11) is 0. The summed E-state index contributed by atoms with van der Waals surface area (Å²) in [6, 6.07) is 16.8. The molecule has 0 aliphatic heterocycles. The Hall–Kier alpha value is -2.29. The second kappa shape index (κ2) is 15.7. The van der Waals surface area contributed by atoms with Crippen molar-refractivity contribution in [2.75, 3.05) is 0 Å². The molecule has 0 spiro atoms. The molecule has 3 nitrogen and oxygen atoms in total. The van der Waals surface area contributed by atoms with E-state index in [0.29, 0.717) is 0 Å². The standard InChI is InChI=1S/C23H26N.C19H36O2.Ir/c1-6-23(5,7-2)20-8-9-21-18(15-20)10-11-24-22(21)19-13-16(3)12-17(4)14-19;1-16(2,3)12-18(7,8)14(20)11-15(21)19(9,10)13-17(4,5)6;/h8-13,15H,6-7H2,1-5H3;11,20H,12-13H2,1-10H3;/q-1;;/b;14-11-;. The second-order valence-corrected chi connectivity index (χ2v) is 17.3. The molecular formula is C42H62IrNO2-. The molecule has 3 rings (SSSR count). The summed E-state index contributed by atoms with van der Waals surface area (Å²) in [4.78, 5) is 17.2. The number of aryl methyl sites for hydroxylation is 2. The van der Waals surface area contributed by atoms with Gasteiger partial charge >= 0.3 is 0 Å². The number of allylic oxidation sites excluding steroid dienone is 2. The van der Waals surface area contributed by atoms with Gasteiger partial charge in [0, 0.05) is 43.2 Å². The Balaban J connectivity index is 0.000000456. The third kappa shape index (κ3) is 11.7. The molecule has 0 fully saturated rings. The Morgan fingerprint density at radius 2 is 1.35 bits per heavy atom. The molecule has 46 heavy (non-hydrogen) atoms. The maximum atomic E-state index is 12.5. The summed E-state index contributed by atoms with van der Waals surface area (Å²) in [5.41, 5.74) is 5.53. The molecule has 1 N–H and O–H groups in total. The minimum Gasteiger partial charge on any atom is -0.512 e. The zero-order chi connectivity index (χ0) is 34.6. The van der Waals surface area contributed by atoms with E-state index in [9.17, 15) is 9.90 Å². The minimum absolute atomic E-state index is 0. The largest absolute Gasteiger partial charge is 0.512 e. The monoisotopic (exact) mass is 805 g/mol. The van der Waals surface area contributed by atoms with E-state index < -0.39 is 5.41 Å². The van der Waals surface area contributed by atoms with Crippen LogP contribution in [-0.4, -0.2) is 15.9 Å². The second-order valence-electron chi connectivity index (χ2n) is 17.3. The fourth-order valence-corrected chi connectivity index (χ4v) is 6.79. The van der Waals surface area contributed by atoms with Gasteiger partial charge in [-0.25, -0.2) is 0 Å². The first-order chi connectivity index (χ1) is 20.4. The number of aliphatic hydroxyl groups excluding tert-OH is 1. The number of hydrogen-bond acceptors (Lipinski definition) is 3. The molecule has 0 saturated carbocycles. The molecular weight excluding hydrogens is 743 g/mol. The van der Waals surface area contributed by atoms with Crippen LogP contribution in [0.1, 0.15) is 132 Å². The fraction of sp³-hybridized carbons (Fsp3) is 0.571. The number of hydrogen-bond donors (Lipinski definition) is 1. The molecule has 0 aliphatic carbocycles. The fourth-order valence-electron chi connectivity index (χ4n) is 6.79. The molecule has 1 aromatic heterocycles. The van der Waals surface area contributed by atoms with Crippen molar-refractivity contribution in [3.63, 3.8) is 0 Å². The third-order valence-electron chi connectivity index (χ3n) is 9.00. The summed E-state index contributed by atoms with van der Waals surface area (Å²) in [6.45, 7) is 31.9. The Bertz CT molecular complexity index is 1470. The maximum absolute atomic E-state index is 12.5. The number of carbonyl (C=O) groups excluding carboxylic acids is 1. The summed E-state index contributed by atoms with van der Waals surface area (Å²) in [6.07, 6.45) is 7.30. The van der Waals surface area contributed by atoms with Gasteiger partial charge in [0.05, 0.1) is 0 Å². The van der Waals surface area contributed by atoms with E-state index in [1.165, 1.54) is 28.0 Å². The SMILES string of the molecule is CC(C)(C)CC(C)(C)C(=O)/C=C(\O)C(C)(C)CC(C)(C)C.CCC(C)(CC)c1ccc2c(-c3[c-]c(C)cc(C)c3)nccc2c1.[Ir]. The van der Waals surface area contributed by atoms with Crippen LogP contribution in [0.3, 0.4) is 0 Å². The number of benzene rings is 2. The van der Waals surface area contributed by atoms with Crippen molar-refractivity contribution in [1.29, 1.82) is 0 Å². The molecule has 0 unspecified atom stereocenters. The number of nitrogens with zero attached hydrogens (tertiary/aromatic N) is 1. The van der Waals surface area contributed by atoms with Crippen molar-refractivity contribution in [2.45, 2.75) is 135 Å². The van der Waals surface area contributed by atoms with Crippen LogP contribution < -0.4 is 0 Å². The van der Waals surface area contributed by atoms with Crippen molar-refractivity contribution in [2.24, 2.45) is 21.7 Å². The van der Waals surface area contributed by atoms with Gasteiger partial charge in [0.1, 0.15) is 5.76 Å². The van der Waals surface area contributed by atoms with Crippen molar-refractivity contribution in [3.05, 3.63) is 77.2 Å². The summed E-state index contributed by atoms with van der Waals surface area (Å²) in [5, 5.41) is 12.9. The van der Waals surface area contributed by atoms with Crippen molar-refractivity contribution in [3.8, 4) is 11.3 Å². The zero-order valence-corrected chi connectivity index (χ0v) is 34.0. The van der Waals surface area contributed by atoms with E-state index in [0.717, 1.165) is 42.5 Å². The molecule has 2 aromatic carbocycles. The Labute approximate surface area is 295 Å². The first-order valence-electron chi connectivity index (χ1n) is 16.8. The van der Waals surface area contributed by atoms with Gasteiger partial charge in [-0.1, -0.05) is 122 Å². The topological polar surface area (TPSA) is 50.2 Å². The van der Waals surface area contributed by atoms with Gasteiger partial charge in [-0.3, -0.25) is 4.79 Å². The van der Waals surface area contributed by atoms with Gasteiger partial charge < -0.3 is 10.1 Å². The van der Waals surface area contributed by atoms with Gasteiger partial charge in [0.25, 0.3) is 0 Å².